The van der Waals surface area contributed by atoms with Crippen LogP contribution in [0.1, 0.15) is 47.0 Å². The average Bonchev–Trinajstić information content (AvgIpc) is 2.24. The molecule has 0 fully saturated rings. The summed E-state index contributed by atoms with van der Waals surface area (Å²) in [7, 11) is 1.62. The number of carbonyl (C=O) groups is 1. The molecule has 0 aromatic heterocycles. The molecule has 0 aliphatic carbocycles. The molecule has 0 radical (unpaired) electrons. The van der Waals surface area contributed by atoms with Gasteiger partial charge >= 0.3 is 0 Å². The van der Waals surface area contributed by atoms with E-state index in [1.54, 1.807) is 14.0 Å². The van der Waals surface area contributed by atoms with Crippen LogP contribution in [0.5, 0.6) is 0 Å². The molecule has 1 atom stereocenters. The second-order valence-corrected chi connectivity index (χ2v) is 6.00. The Bertz CT molecular complexity index is 236. The molecule has 0 aromatic rings. The number of nitrogens with zero attached hydrogens (tertiary/aromatic N) is 1. The van der Waals surface area contributed by atoms with Crippen LogP contribution in [0.25, 0.3) is 0 Å². The van der Waals surface area contributed by atoms with Crippen molar-refractivity contribution >= 4 is 5.91 Å². The first-order chi connectivity index (χ1) is 8.30. The Morgan fingerprint density at radius 1 is 1.39 bits per heavy atom. The summed E-state index contributed by atoms with van der Waals surface area (Å²) in [6.45, 7) is 9.61. The van der Waals surface area contributed by atoms with Gasteiger partial charge in [0.15, 0.2) is 0 Å². The SMILES string of the molecule is COC(CCO)CN(CCCC(C)(C)C)C(C)=O. The third-order valence-corrected chi connectivity index (χ3v) is 3.01. The van der Waals surface area contributed by atoms with Gasteiger partial charge in [0.1, 0.15) is 0 Å². The van der Waals surface area contributed by atoms with Crippen molar-refractivity contribution in [2.45, 2.75) is 53.1 Å². The van der Waals surface area contributed by atoms with Crippen LogP contribution in [-0.2, 0) is 9.53 Å². The number of aliphatic hydroxyl groups is 1. The van der Waals surface area contributed by atoms with Gasteiger partial charge in [0.2, 0.25) is 5.91 Å². The molecule has 0 heterocycles. The first-order valence-corrected chi connectivity index (χ1v) is 6.69. The number of rotatable bonds is 8. The highest BCUT2D eigenvalue weighted by molar-refractivity contribution is 5.73. The van der Waals surface area contributed by atoms with Crippen molar-refractivity contribution in [1.29, 1.82) is 0 Å². The second-order valence-electron chi connectivity index (χ2n) is 6.00. The van der Waals surface area contributed by atoms with Crippen molar-refractivity contribution in [2.24, 2.45) is 5.41 Å². The Hall–Kier alpha value is -0.610. The lowest BCUT2D eigenvalue weighted by Gasteiger charge is -2.27. The first-order valence-electron chi connectivity index (χ1n) is 6.69. The van der Waals surface area contributed by atoms with Crippen LogP contribution in [0, 0.1) is 5.41 Å². The third kappa shape index (κ3) is 8.48. The highest BCUT2D eigenvalue weighted by Crippen LogP contribution is 2.20. The number of carbonyl (C=O) groups excluding carboxylic acids is 1. The molecule has 0 rings (SSSR count). The minimum atomic E-state index is -0.0754. The molecule has 4 nitrogen and oxygen atoms in total. The van der Waals surface area contributed by atoms with E-state index in [1.165, 1.54) is 0 Å². The standard InChI is InChI=1S/C14H29NO3/c1-12(17)15(9-6-8-14(2,3)4)11-13(18-5)7-10-16/h13,16H,6-11H2,1-5H3. The Morgan fingerprint density at radius 2 is 2.00 bits per heavy atom. The van der Waals surface area contributed by atoms with Gasteiger partial charge in [-0.25, -0.2) is 0 Å². The van der Waals surface area contributed by atoms with Crippen molar-refractivity contribution in [3.63, 3.8) is 0 Å². The summed E-state index contributed by atoms with van der Waals surface area (Å²) in [6, 6.07) is 0. The molecule has 18 heavy (non-hydrogen) atoms. The van der Waals surface area contributed by atoms with Gasteiger partial charge < -0.3 is 14.7 Å². The maximum absolute atomic E-state index is 11.6. The largest absolute Gasteiger partial charge is 0.396 e. The summed E-state index contributed by atoms with van der Waals surface area (Å²) in [4.78, 5) is 13.4. The summed E-state index contributed by atoms with van der Waals surface area (Å²) < 4.78 is 5.26. The molecule has 0 aliphatic heterocycles. The van der Waals surface area contributed by atoms with Gasteiger partial charge in [0.05, 0.1) is 6.10 Å². The molecular formula is C14H29NO3. The minimum absolute atomic E-state index is 0.0731. The van der Waals surface area contributed by atoms with Crippen LogP contribution >= 0.6 is 0 Å². The third-order valence-electron chi connectivity index (χ3n) is 3.01. The number of amides is 1. The molecular weight excluding hydrogens is 230 g/mol. The van der Waals surface area contributed by atoms with Gasteiger partial charge in [0.25, 0.3) is 0 Å². The van der Waals surface area contributed by atoms with Crippen LogP contribution in [0.3, 0.4) is 0 Å². The highest BCUT2D eigenvalue weighted by Gasteiger charge is 2.17. The van der Waals surface area contributed by atoms with E-state index in [-0.39, 0.29) is 18.6 Å². The Morgan fingerprint density at radius 3 is 2.39 bits per heavy atom. The molecule has 0 saturated carbocycles. The number of hydrogen-bond acceptors (Lipinski definition) is 3. The molecule has 0 bridgehead atoms. The maximum Gasteiger partial charge on any atom is 0.219 e. The summed E-state index contributed by atoms with van der Waals surface area (Å²) in [5.41, 5.74) is 0.300. The average molecular weight is 259 g/mol. The zero-order chi connectivity index (χ0) is 14.2. The summed E-state index contributed by atoms with van der Waals surface area (Å²) in [6.07, 6.45) is 2.58. The Kier molecular flexibility index (Phi) is 8.20. The quantitative estimate of drug-likeness (QED) is 0.726. The van der Waals surface area contributed by atoms with E-state index in [2.05, 4.69) is 20.8 Å². The lowest BCUT2D eigenvalue weighted by atomic mass is 9.90. The van der Waals surface area contributed by atoms with Crippen molar-refractivity contribution < 1.29 is 14.6 Å². The van der Waals surface area contributed by atoms with Gasteiger partial charge in [-0.1, -0.05) is 20.8 Å². The summed E-state index contributed by atoms with van der Waals surface area (Å²) in [5, 5.41) is 8.92. The van der Waals surface area contributed by atoms with E-state index < -0.39 is 0 Å². The molecule has 1 unspecified atom stereocenters. The van der Waals surface area contributed by atoms with E-state index in [9.17, 15) is 4.79 Å². The zero-order valence-electron chi connectivity index (χ0n) is 12.5. The molecule has 1 amide bonds. The van der Waals surface area contributed by atoms with Crippen LogP contribution in [-0.4, -0.2) is 48.8 Å². The number of ether oxygens (including phenoxy) is 1. The van der Waals surface area contributed by atoms with E-state index in [4.69, 9.17) is 9.84 Å². The molecule has 108 valence electrons. The molecule has 4 heteroatoms. The van der Waals surface area contributed by atoms with E-state index >= 15 is 0 Å². The van der Waals surface area contributed by atoms with Gasteiger partial charge in [-0.3, -0.25) is 4.79 Å². The predicted molar refractivity (Wildman–Crippen MR) is 73.4 cm³/mol. The highest BCUT2D eigenvalue weighted by atomic mass is 16.5. The van der Waals surface area contributed by atoms with Gasteiger partial charge in [0, 0.05) is 33.7 Å². The van der Waals surface area contributed by atoms with Gasteiger partial charge in [-0.05, 0) is 24.7 Å². The molecule has 0 aromatic carbocycles. The van der Waals surface area contributed by atoms with Gasteiger partial charge in [-0.2, -0.15) is 0 Å². The van der Waals surface area contributed by atoms with Crippen LogP contribution in [0.15, 0.2) is 0 Å². The maximum atomic E-state index is 11.6. The molecule has 1 N–H and O–H groups in total. The minimum Gasteiger partial charge on any atom is -0.396 e. The van der Waals surface area contributed by atoms with Gasteiger partial charge in [-0.15, -0.1) is 0 Å². The van der Waals surface area contributed by atoms with Crippen molar-refractivity contribution in [1.82, 2.24) is 4.90 Å². The Labute approximate surface area is 111 Å². The van der Waals surface area contributed by atoms with E-state index in [1.807, 2.05) is 4.90 Å². The number of aliphatic hydroxyl groups excluding tert-OH is 1. The normalized spacial score (nSPS) is 13.4. The fourth-order valence-electron chi connectivity index (χ4n) is 1.85. The van der Waals surface area contributed by atoms with Crippen molar-refractivity contribution in [2.75, 3.05) is 26.8 Å². The lowest BCUT2D eigenvalue weighted by Crippen LogP contribution is -2.38. The molecule has 0 saturated heterocycles. The molecule has 0 spiro atoms. The fourth-order valence-corrected chi connectivity index (χ4v) is 1.85. The lowest BCUT2D eigenvalue weighted by molar-refractivity contribution is -0.130. The van der Waals surface area contributed by atoms with E-state index in [0.29, 0.717) is 18.4 Å². The van der Waals surface area contributed by atoms with Crippen LogP contribution < -0.4 is 0 Å². The molecule has 0 aliphatic rings. The zero-order valence-corrected chi connectivity index (χ0v) is 12.5. The monoisotopic (exact) mass is 259 g/mol. The summed E-state index contributed by atoms with van der Waals surface area (Å²) >= 11 is 0. The number of hydrogen-bond donors (Lipinski definition) is 1. The van der Waals surface area contributed by atoms with Crippen molar-refractivity contribution in [3.05, 3.63) is 0 Å². The fraction of sp³-hybridized carbons (Fsp3) is 0.929. The van der Waals surface area contributed by atoms with Crippen LogP contribution in [0.2, 0.25) is 0 Å². The first kappa shape index (κ1) is 17.4. The van der Waals surface area contributed by atoms with E-state index in [0.717, 1.165) is 19.4 Å². The second kappa shape index (κ2) is 8.48. The predicted octanol–water partition coefficient (Wildman–Crippen LogP) is 2.06. The topological polar surface area (TPSA) is 49.8 Å². The van der Waals surface area contributed by atoms with Crippen LogP contribution in [0.4, 0.5) is 0 Å². The van der Waals surface area contributed by atoms with Crippen molar-refractivity contribution in [3.8, 4) is 0 Å². The Balaban J connectivity index is 4.18. The number of methoxy groups -OCH3 is 1. The smallest absolute Gasteiger partial charge is 0.219 e. The summed E-state index contributed by atoms with van der Waals surface area (Å²) in [5.74, 6) is 0.0731.